The van der Waals surface area contributed by atoms with E-state index in [1.54, 1.807) is 12.1 Å². The van der Waals surface area contributed by atoms with E-state index in [1.807, 2.05) is 19.9 Å². The van der Waals surface area contributed by atoms with Crippen molar-refractivity contribution in [3.8, 4) is 0 Å². The number of rotatable bonds is 7. The molecule has 1 aliphatic rings. The van der Waals surface area contributed by atoms with Crippen LogP contribution in [0.3, 0.4) is 0 Å². The summed E-state index contributed by atoms with van der Waals surface area (Å²) in [7, 11) is 0. The number of nitrogens with one attached hydrogen (secondary N) is 2. The van der Waals surface area contributed by atoms with E-state index in [0.29, 0.717) is 13.0 Å². The zero-order valence-electron chi connectivity index (χ0n) is 13.2. The summed E-state index contributed by atoms with van der Waals surface area (Å²) >= 11 is 0. The highest BCUT2D eigenvalue weighted by molar-refractivity contribution is 5.74. The third kappa shape index (κ3) is 4.19. The highest BCUT2D eigenvalue weighted by Gasteiger charge is 2.44. The molecule has 2 rings (SSSR count). The van der Waals surface area contributed by atoms with E-state index in [0.717, 1.165) is 18.4 Å². The van der Waals surface area contributed by atoms with Crippen LogP contribution in [0.25, 0.3) is 0 Å². The molecular weight excluding hydrogens is 283 g/mol. The summed E-state index contributed by atoms with van der Waals surface area (Å²) in [6, 6.07) is 6.33. The molecule has 22 heavy (non-hydrogen) atoms. The Labute approximate surface area is 131 Å². The zero-order valence-corrected chi connectivity index (χ0v) is 13.2. The van der Waals surface area contributed by atoms with Gasteiger partial charge in [-0.15, -0.1) is 0 Å². The molecule has 122 valence electrons. The first kappa shape index (κ1) is 16.7. The van der Waals surface area contributed by atoms with Gasteiger partial charge in [0.15, 0.2) is 0 Å². The SMILES string of the molecule is CC(C)C(CCO)NC(=O)NCC1(c2cccc(F)c2)CC1. The molecule has 0 spiro atoms. The number of benzene rings is 1. The van der Waals surface area contributed by atoms with Crippen LogP contribution in [-0.4, -0.2) is 30.3 Å². The van der Waals surface area contributed by atoms with Crippen molar-refractivity contribution in [3.63, 3.8) is 0 Å². The monoisotopic (exact) mass is 308 g/mol. The van der Waals surface area contributed by atoms with E-state index in [-0.39, 0.29) is 35.8 Å². The second-order valence-corrected chi connectivity index (χ2v) is 6.48. The number of aliphatic hydroxyl groups is 1. The fourth-order valence-corrected chi connectivity index (χ4v) is 2.72. The predicted molar refractivity (Wildman–Crippen MR) is 84.2 cm³/mol. The largest absolute Gasteiger partial charge is 0.396 e. The Balaban J connectivity index is 1.88. The maximum Gasteiger partial charge on any atom is 0.315 e. The number of hydrogen-bond acceptors (Lipinski definition) is 2. The second kappa shape index (κ2) is 7.09. The molecule has 0 aromatic heterocycles. The number of carbonyl (C=O) groups excluding carboxylic acids is 1. The van der Waals surface area contributed by atoms with Gasteiger partial charge in [-0.2, -0.15) is 0 Å². The number of amides is 2. The van der Waals surface area contributed by atoms with E-state index in [1.165, 1.54) is 6.07 Å². The number of hydrogen-bond donors (Lipinski definition) is 3. The number of halogens is 1. The maximum atomic E-state index is 13.3. The molecule has 1 atom stereocenters. The first-order valence-electron chi connectivity index (χ1n) is 7.88. The lowest BCUT2D eigenvalue weighted by atomic mass is 9.96. The molecule has 4 nitrogen and oxygen atoms in total. The Hall–Kier alpha value is -1.62. The molecule has 1 unspecified atom stereocenters. The Kier molecular flexibility index (Phi) is 5.40. The standard InChI is InChI=1S/C17H25FN2O2/c1-12(2)15(6-9-21)20-16(22)19-11-17(7-8-17)13-4-3-5-14(18)10-13/h3-5,10,12,15,21H,6-9,11H2,1-2H3,(H2,19,20,22). The van der Waals surface area contributed by atoms with Crippen LogP contribution < -0.4 is 10.6 Å². The van der Waals surface area contributed by atoms with Gasteiger partial charge in [0.1, 0.15) is 5.82 Å². The van der Waals surface area contributed by atoms with Gasteiger partial charge in [-0.05, 0) is 42.9 Å². The van der Waals surface area contributed by atoms with Crippen molar-refractivity contribution in [2.75, 3.05) is 13.2 Å². The normalized spacial score (nSPS) is 17.1. The Morgan fingerprint density at radius 3 is 2.68 bits per heavy atom. The summed E-state index contributed by atoms with van der Waals surface area (Å²) in [4.78, 5) is 12.0. The summed E-state index contributed by atoms with van der Waals surface area (Å²) in [5.41, 5.74) is 0.826. The van der Waals surface area contributed by atoms with E-state index in [2.05, 4.69) is 10.6 Å². The Morgan fingerprint density at radius 2 is 2.14 bits per heavy atom. The summed E-state index contributed by atoms with van der Waals surface area (Å²) in [6.07, 6.45) is 2.46. The molecular formula is C17H25FN2O2. The smallest absolute Gasteiger partial charge is 0.315 e. The molecule has 0 radical (unpaired) electrons. The average molecular weight is 308 g/mol. The lowest BCUT2D eigenvalue weighted by Gasteiger charge is -2.23. The van der Waals surface area contributed by atoms with Crippen LogP contribution >= 0.6 is 0 Å². The number of carbonyl (C=O) groups is 1. The summed E-state index contributed by atoms with van der Waals surface area (Å²) in [6.45, 7) is 4.58. The predicted octanol–water partition coefficient (Wildman–Crippen LogP) is 2.56. The molecule has 0 heterocycles. The van der Waals surface area contributed by atoms with Crippen molar-refractivity contribution in [2.24, 2.45) is 5.92 Å². The summed E-state index contributed by atoms with van der Waals surface area (Å²) < 4.78 is 13.3. The van der Waals surface area contributed by atoms with Gasteiger partial charge in [-0.3, -0.25) is 0 Å². The van der Waals surface area contributed by atoms with E-state index >= 15 is 0 Å². The van der Waals surface area contributed by atoms with Gasteiger partial charge < -0.3 is 15.7 Å². The molecule has 1 fully saturated rings. The van der Waals surface area contributed by atoms with Gasteiger partial charge in [0, 0.05) is 24.6 Å². The van der Waals surface area contributed by atoms with E-state index < -0.39 is 0 Å². The van der Waals surface area contributed by atoms with Crippen LogP contribution in [0.4, 0.5) is 9.18 Å². The molecule has 5 heteroatoms. The first-order chi connectivity index (χ1) is 10.5. The van der Waals surface area contributed by atoms with Gasteiger partial charge in [0.05, 0.1) is 0 Å². The number of aliphatic hydroxyl groups excluding tert-OH is 1. The fraction of sp³-hybridized carbons (Fsp3) is 0.588. The molecule has 1 saturated carbocycles. The van der Waals surface area contributed by atoms with Gasteiger partial charge in [-0.1, -0.05) is 26.0 Å². The van der Waals surface area contributed by atoms with Crippen LogP contribution in [0.2, 0.25) is 0 Å². The lowest BCUT2D eigenvalue weighted by molar-refractivity contribution is 0.218. The first-order valence-corrected chi connectivity index (χ1v) is 7.88. The minimum absolute atomic E-state index is 0.0469. The van der Waals surface area contributed by atoms with Gasteiger partial charge >= 0.3 is 6.03 Å². The zero-order chi connectivity index (χ0) is 16.2. The van der Waals surface area contributed by atoms with Crippen molar-refractivity contribution in [1.29, 1.82) is 0 Å². The highest BCUT2D eigenvalue weighted by atomic mass is 19.1. The summed E-state index contributed by atoms with van der Waals surface area (Å²) in [5, 5.41) is 14.8. The van der Waals surface area contributed by atoms with Crippen molar-refractivity contribution < 1.29 is 14.3 Å². The lowest BCUT2D eigenvalue weighted by Crippen LogP contribution is -2.46. The average Bonchev–Trinajstić information content (AvgIpc) is 3.26. The topological polar surface area (TPSA) is 61.4 Å². The van der Waals surface area contributed by atoms with Gasteiger partial charge in [-0.25, -0.2) is 9.18 Å². The quantitative estimate of drug-likeness (QED) is 0.725. The minimum Gasteiger partial charge on any atom is -0.396 e. The molecule has 1 aliphatic carbocycles. The molecule has 3 N–H and O–H groups in total. The molecule has 0 bridgehead atoms. The number of urea groups is 1. The molecule has 0 saturated heterocycles. The summed E-state index contributed by atoms with van der Waals surface area (Å²) in [5.74, 6) is 0.0204. The highest BCUT2D eigenvalue weighted by Crippen LogP contribution is 2.47. The Bertz CT molecular complexity index is 515. The van der Waals surface area contributed by atoms with Crippen LogP contribution in [-0.2, 0) is 5.41 Å². The minimum atomic E-state index is -0.240. The van der Waals surface area contributed by atoms with Crippen LogP contribution in [0, 0.1) is 11.7 Å². The van der Waals surface area contributed by atoms with Crippen LogP contribution in [0.15, 0.2) is 24.3 Å². The third-order valence-electron chi connectivity index (χ3n) is 4.44. The van der Waals surface area contributed by atoms with Gasteiger partial charge in [0.2, 0.25) is 0 Å². The van der Waals surface area contributed by atoms with Crippen molar-refractivity contribution >= 4 is 6.03 Å². The van der Waals surface area contributed by atoms with Crippen LogP contribution in [0.1, 0.15) is 38.7 Å². The van der Waals surface area contributed by atoms with Crippen molar-refractivity contribution in [3.05, 3.63) is 35.6 Å². The van der Waals surface area contributed by atoms with Crippen molar-refractivity contribution in [1.82, 2.24) is 10.6 Å². The molecule has 0 aliphatic heterocycles. The maximum absolute atomic E-state index is 13.3. The Morgan fingerprint density at radius 1 is 1.41 bits per heavy atom. The van der Waals surface area contributed by atoms with E-state index in [4.69, 9.17) is 5.11 Å². The van der Waals surface area contributed by atoms with Gasteiger partial charge in [0.25, 0.3) is 0 Å². The molecule has 1 aromatic rings. The fourth-order valence-electron chi connectivity index (χ4n) is 2.72. The van der Waals surface area contributed by atoms with Crippen molar-refractivity contribution in [2.45, 2.75) is 44.6 Å². The van der Waals surface area contributed by atoms with E-state index in [9.17, 15) is 9.18 Å². The third-order valence-corrected chi connectivity index (χ3v) is 4.44. The van der Waals surface area contributed by atoms with Crippen LogP contribution in [0.5, 0.6) is 0 Å². The second-order valence-electron chi connectivity index (χ2n) is 6.48. The molecule has 1 aromatic carbocycles. The molecule has 2 amide bonds.